The number of esters is 2. The number of ether oxygens (including phenoxy) is 2. The molecule has 0 bridgehead atoms. The minimum absolute atomic E-state index is 0.176. The topological polar surface area (TPSA) is 93.1 Å². The molecule has 2 atom stereocenters. The zero-order valence-electron chi connectivity index (χ0n) is 8.10. The Bertz CT molecular complexity index is 180. The number of hydrogen-bond donors (Lipinski definition) is 2. The minimum atomic E-state index is -1.33. The zero-order chi connectivity index (χ0) is 11.1. The van der Waals surface area contributed by atoms with Crippen LogP contribution in [0.4, 0.5) is 0 Å². The van der Waals surface area contributed by atoms with Gasteiger partial charge in [-0.15, -0.1) is 0 Å². The van der Waals surface area contributed by atoms with Gasteiger partial charge in [0.1, 0.15) is 0 Å². The number of aliphatic hydroxyl groups is 2. The van der Waals surface area contributed by atoms with Crippen LogP contribution in [-0.2, 0) is 19.1 Å². The van der Waals surface area contributed by atoms with E-state index in [9.17, 15) is 9.59 Å². The van der Waals surface area contributed by atoms with Crippen LogP contribution in [0.5, 0.6) is 0 Å². The lowest BCUT2D eigenvalue weighted by molar-refractivity contribution is -0.194. The summed E-state index contributed by atoms with van der Waals surface area (Å²) in [6.45, 7) is 3.15. The van der Waals surface area contributed by atoms with Gasteiger partial charge < -0.3 is 19.7 Å². The predicted octanol–water partition coefficient (Wildman–Crippen LogP) is -0.470. The van der Waals surface area contributed by atoms with Crippen molar-refractivity contribution in [2.75, 3.05) is 0 Å². The molecule has 0 saturated heterocycles. The quantitative estimate of drug-likeness (QED) is 0.367. The Morgan fingerprint density at radius 1 is 1.00 bits per heavy atom. The smallest absolute Gasteiger partial charge is 0.419 e. The summed E-state index contributed by atoms with van der Waals surface area (Å²) >= 11 is 0. The van der Waals surface area contributed by atoms with E-state index < -0.39 is 24.5 Å². The van der Waals surface area contributed by atoms with Crippen LogP contribution in [0.2, 0.25) is 0 Å². The summed E-state index contributed by atoms with van der Waals surface area (Å²) in [7, 11) is 0. The van der Waals surface area contributed by atoms with Crippen LogP contribution in [0, 0.1) is 0 Å². The van der Waals surface area contributed by atoms with Crippen molar-refractivity contribution in [1.82, 2.24) is 0 Å². The summed E-state index contributed by atoms with van der Waals surface area (Å²) in [6.07, 6.45) is -2.30. The molecule has 0 spiro atoms. The molecule has 14 heavy (non-hydrogen) atoms. The van der Waals surface area contributed by atoms with E-state index in [0.29, 0.717) is 0 Å². The van der Waals surface area contributed by atoms with Crippen molar-refractivity contribution in [2.45, 2.75) is 39.3 Å². The summed E-state index contributed by atoms with van der Waals surface area (Å²) in [5.41, 5.74) is 0. The van der Waals surface area contributed by atoms with Gasteiger partial charge in [0.25, 0.3) is 0 Å². The minimum Gasteiger partial charge on any atom is -0.428 e. The number of rotatable bonds is 4. The summed E-state index contributed by atoms with van der Waals surface area (Å²) in [6, 6.07) is 0. The number of carbonyl (C=O) groups is 2. The van der Waals surface area contributed by atoms with Gasteiger partial charge in [-0.3, -0.25) is 0 Å². The molecule has 6 nitrogen and oxygen atoms in total. The maximum absolute atomic E-state index is 10.8. The lowest BCUT2D eigenvalue weighted by Crippen LogP contribution is -2.28. The van der Waals surface area contributed by atoms with Gasteiger partial charge in [0.15, 0.2) is 0 Å². The van der Waals surface area contributed by atoms with Gasteiger partial charge in [0.2, 0.25) is 12.6 Å². The Balaban J connectivity index is 3.94. The second kappa shape index (κ2) is 6.33. The molecule has 2 N–H and O–H groups in total. The molecule has 0 aromatic rings. The van der Waals surface area contributed by atoms with Crippen LogP contribution in [0.25, 0.3) is 0 Å². The second-order valence-electron chi connectivity index (χ2n) is 2.54. The molecule has 0 aliphatic heterocycles. The van der Waals surface area contributed by atoms with Crippen molar-refractivity contribution in [2.24, 2.45) is 0 Å². The van der Waals surface area contributed by atoms with E-state index in [1.807, 2.05) is 0 Å². The highest BCUT2D eigenvalue weighted by Crippen LogP contribution is 1.98. The van der Waals surface area contributed by atoms with E-state index in [4.69, 9.17) is 10.2 Å². The molecular formula is C8H14O6. The van der Waals surface area contributed by atoms with Gasteiger partial charge >= 0.3 is 11.9 Å². The highest BCUT2D eigenvalue weighted by atomic mass is 16.7. The van der Waals surface area contributed by atoms with Crippen LogP contribution in [0.15, 0.2) is 0 Å². The second-order valence-corrected chi connectivity index (χ2v) is 2.54. The van der Waals surface area contributed by atoms with E-state index >= 15 is 0 Å². The lowest BCUT2D eigenvalue weighted by Gasteiger charge is -2.11. The molecule has 0 saturated carbocycles. The third kappa shape index (κ3) is 4.78. The monoisotopic (exact) mass is 206 g/mol. The van der Waals surface area contributed by atoms with Crippen molar-refractivity contribution >= 4 is 11.9 Å². The van der Waals surface area contributed by atoms with Crippen molar-refractivity contribution < 1.29 is 29.3 Å². The van der Waals surface area contributed by atoms with E-state index in [1.54, 1.807) is 13.8 Å². The maximum atomic E-state index is 10.8. The molecule has 0 aliphatic rings. The molecule has 6 heteroatoms. The largest absolute Gasteiger partial charge is 0.428 e. The van der Waals surface area contributed by atoms with Crippen LogP contribution >= 0.6 is 0 Å². The van der Waals surface area contributed by atoms with Crippen LogP contribution < -0.4 is 0 Å². The third-order valence-electron chi connectivity index (χ3n) is 1.35. The standard InChI is InChI=1S/C8H14O6/c1-3-5(9)13-7(11)8(12)14-6(10)4-2/h5-6,9-10H,3-4H2,1-2H3. The fourth-order valence-electron chi connectivity index (χ4n) is 0.510. The third-order valence-corrected chi connectivity index (χ3v) is 1.35. The average Bonchev–Trinajstić information content (AvgIpc) is 2.17. The van der Waals surface area contributed by atoms with Crippen molar-refractivity contribution in [3.05, 3.63) is 0 Å². The van der Waals surface area contributed by atoms with Gasteiger partial charge in [-0.25, -0.2) is 9.59 Å². The first kappa shape index (κ1) is 12.9. The Morgan fingerprint density at radius 3 is 1.50 bits per heavy atom. The highest BCUT2D eigenvalue weighted by molar-refractivity contribution is 6.29. The van der Waals surface area contributed by atoms with E-state index in [1.165, 1.54) is 0 Å². The lowest BCUT2D eigenvalue weighted by atomic mass is 10.5. The molecule has 0 amide bonds. The van der Waals surface area contributed by atoms with Gasteiger partial charge in [-0.05, 0) is 0 Å². The Hall–Kier alpha value is -1.14. The molecular weight excluding hydrogens is 192 g/mol. The molecule has 0 aromatic carbocycles. The van der Waals surface area contributed by atoms with Crippen LogP contribution in [0.3, 0.4) is 0 Å². The average molecular weight is 206 g/mol. The molecule has 82 valence electrons. The molecule has 0 fully saturated rings. The fourth-order valence-corrected chi connectivity index (χ4v) is 0.510. The van der Waals surface area contributed by atoms with Crippen molar-refractivity contribution in [3.8, 4) is 0 Å². The molecule has 0 aromatic heterocycles. The number of aliphatic hydroxyl groups excluding tert-OH is 2. The molecule has 0 rings (SSSR count). The fraction of sp³-hybridized carbons (Fsp3) is 0.750. The molecule has 0 aliphatic carbocycles. The zero-order valence-corrected chi connectivity index (χ0v) is 8.10. The van der Waals surface area contributed by atoms with E-state index in [2.05, 4.69) is 9.47 Å². The van der Waals surface area contributed by atoms with Crippen molar-refractivity contribution in [1.29, 1.82) is 0 Å². The van der Waals surface area contributed by atoms with Crippen molar-refractivity contribution in [3.63, 3.8) is 0 Å². The predicted molar refractivity (Wildman–Crippen MR) is 44.8 cm³/mol. The van der Waals surface area contributed by atoms with Gasteiger partial charge in [0, 0.05) is 12.8 Å². The summed E-state index contributed by atoms with van der Waals surface area (Å²) in [4.78, 5) is 21.6. The summed E-state index contributed by atoms with van der Waals surface area (Å²) in [5, 5.41) is 17.7. The highest BCUT2D eigenvalue weighted by Gasteiger charge is 2.22. The van der Waals surface area contributed by atoms with E-state index in [0.717, 1.165) is 0 Å². The van der Waals surface area contributed by atoms with Crippen LogP contribution in [0.1, 0.15) is 26.7 Å². The number of carbonyl (C=O) groups excluding carboxylic acids is 2. The van der Waals surface area contributed by atoms with Gasteiger partial charge in [-0.2, -0.15) is 0 Å². The molecule has 0 heterocycles. The first-order valence-electron chi connectivity index (χ1n) is 4.29. The van der Waals surface area contributed by atoms with Gasteiger partial charge in [-0.1, -0.05) is 13.8 Å². The van der Waals surface area contributed by atoms with Gasteiger partial charge in [0.05, 0.1) is 0 Å². The summed E-state index contributed by atoms with van der Waals surface area (Å²) < 4.78 is 8.48. The Labute approximate surface area is 81.4 Å². The molecule has 0 radical (unpaired) electrons. The first-order chi connectivity index (χ1) is 6.51. The van der Waals surface area contributed by atoms with E-state index in [-0.39, 0.29) is 12.8 Å². The van der Waals surface area contributed by atoms with Crippen LogP contribution in [-0.4, -0.2) is 34.7 Å². The first-order valence-corrected chi connectivity index (χ1v) is 4.29. The Morgan fingerprint density at radius 2 is 1.29 bits per heavy atom. The SMILES string of the molecule is CCC(O)OC(=O)C(=O)OC(O)CC. The Kier molecular flexibility index (Phi) is 5.82. The maximum Gasteiger partial charge on any atom is 0.419 e. The number of hydrogen-bond acceptors (Lipinski definition) is 6. The molecule has 2 unspecified atom stereocenters. The normalized spacial score (nSPS) is 14.3. The summed E-state index contributed by atoms with van der Waals surface area (Å²) in [5.74, 6) is -2.63.